The Hall–Kier alpha value is -2.70. The van der Waals surface area contributed by atoms with E-state index in [4.69, 9.17) is 5.73 Å². The van der Waals surface area contributed by atoms with Gasteiger partial charge in [-0.2, -0.15) is 5.10 Å². The molecule has 2 aromatic rings. The van der Waals surface area contributed by atoms with Gasteiger partial charge in [0.05, 0.1) is 0 Å². The van der Waals surface area contributed by atoms with Gasteiger partial charge in [-0.25, -0.2) is 4.39 Å². The summed E-state index contributed by atoms with van der Waals surface area (Å²) >= 11 is 0. The molecular weight excluding hydrogens is 263 g/mol. The van der Waals surface area contributed by atoms with E-state index in [1.165, 1.54) is 41.2 Å². The average Bonchev–Trinajstić information content (AvgIpc) is 2.83. The second-order valence-electron chi connectivity index (χ2n) is 4.20. The fourth-order valence-electron chi connectivity index (χ4n) is 1.78. The zero-order chi connectivity index (χ0) is 14.7. The first-order valence-electron chi connectivity index (χ1n) is 5.82. The third-order valence-corrected chi connectivity index (χ3v) is 2.82. The van der Waals surface area contributed by atoms with Crippen LogP contribution >= 0.6 is 0 Å². The largest absolute Gasteiger partial charge is 0.368 e. The van der Waals surface area contributed by atoms with Crippen LogP contribution in [-0.4, -0.2) is 21.6 Å². The molecular formula is C13H13FN4O2. The standard InChI is InChI=1S/C13H13FN4O2/c1-18-10(6-7-16-18)13(20)17-11(12(15)19)8-2-4-9(14)5-3-8/h2-7,11H,1H3,(H2,15,19)(H,17,20)/t11-/m1/s1. The fraction of sp³-hybridized carbons (Fsp3) is 0.154. The number of carbonyl (C=O) groups excluding carboxylic acids is 2. The number of nitrogens with two attached hydrogens (primary N) is 1. The molecule has 2 rings (SSSR count). The Morgan fingerprint density at radius 1 is 1.30 bits per heavy atom. The summed E-state index contributed by atoms with van der Waals surface area (Å²) in [5.41, 5.74) is 5.98. The van der Waals surface area contributed by atoms with Gasteiger partial charge in [0, 0.05) is 13.2 Å². The number of nitrogens with one attached hydrogen (secondary N) is 1. The second-order valence-corrected chi connectivity index (χ2v) is 4.20. The lowest BCUT2D eigenvalue weighted by molar-refractivity contribution is -0.120. The molecule has 1 aromatic heterocycles. The van der Waals surface area contributed by atoms with Crippen molar-refractivity contribution in [3.8, 4) is 0 Å². The molecule has 1 atom stereocenters. The van der Waals surface area contributed by atoms with E-state index in [1.807, 2.05) is 0 Å². The molecule has 0 spiro atoms. The van der Waals surface area contributed by atoms with Crippen LogP contribution in [0.3, 0.4) is 0 Å². The van der Waals surface area contributed by atoms with Crippen molar-refractivity contribution in [3.05, 3.63) is 53.6 Å². The van der Waals surface area contributed by atoms with Gasteiger partial charge in [-0.3, -0.25) is 14.3 Å². The SMILES string of the molecule is Cn1nccc1C(=O)N[C@@H](C(N)=O)c1ccc(F)cc1. The molecule has 1 aromatic carbocycles. The predicted octanol–water partition coefficient (Wildman–Crippen LogP) is 0.516. The molecule has 0 bridgehead atoms. The summed E-state index contributed by atoms with van der Waals surface area (Å²) in [5.74, 6) is -1.65. The van der Waals surface area contributed by atoms with Crippen LogP contribution in [0.1, 0.15) is 22.1 Å². The van der Waals surface area contributed by atoms with E-state index in [-0.39, 0.29) is 0 Å². The molecule has 6 nitrogen and oxygen atoms in total. The highest BCUT2D eigenvalue weighted by molar-refractivity contribution is 5.96. The molecule has 3 N–H and O–H groups in total. The minimum Gasteiger partial charge on any atom is -0.368 e. The summed E-state index contributed by atoms with van der Waals surface area (Å²) in [5, 5.41) is 6.36. The number of aryl methyl sites for hydroxylation is 1. The van der Waals surface area contributed by atoms with Gasteiger partial charge in [0.15, 0.2) is 0 Å². The van der Waals surface area contributed by atoms with Gasteiger partial charge in [0.1, 0.15) is 17.6 Å². The third kappa shape index (κ3) is 2.82. The van der Waals surface area contributed by atoms with E-state index in [2.05, 4.69) is 10.4 Å². The van der Waals surface area contributed by atoms with Gasteiger partial charge in [-0.15, -0.1) is 0 Å². The first kappa shape index (κ1) is 13.7. The Morgan fingerprint density at radius 3 is 2.45 bits per heavy atom. The first-order valence-corrected chi connectivity index (χ1v) is 5.82. The molecule has 0 fully saturated rings. The molecule has 0 saturated heterocycles. The molecule has 2 amide bonds. The number of primary amides is 1. The van der Waals surface area contributed by atoms with Crippen LogP contribution in [0.5, 0.6) is 0 Å². The zero-order valence-corrected chi connectivity index (χ0v) is 10.7. The van der Waals surface area contributed by atoms with Crippen LogP contribution in [0.25, 0.3) is 0 Å². The second kappa shape index (κ2) is 5.52. The van der Waals surface area contributed by atoms with Crippen molar-refractivity contribution >= 4 is 11.8 Å². The van der Waals surface area contributed by atoms with Crippen molar-refractivity contribution in [2.75, 3.05) is 0 Å². The van der Waals surface area contributed by atoms with E-state index in [0.29, 0.717) is 11.3 Å². The van der Waals surface area contributed by atoms with Gasteiger partial charge in [0.25, 0.3) is 5.91 Å². The summed E-state index contributed by atoms with van der Waals surface area (Å²) < 4.78 is 14.2. The maximum Gasteiger partial charge on any atom is 0.270 e. The lowest BCUT2D eigenvalue weighted by Crippen LogP contribution is -2.38. The highest BCUT2D eigenvalue weighted by atomic mass is 19.1. The minimum absolute atomic E-state index is 0.290. The quantitative estimate of drug-likeness (QED) is 0.852. The van der Waals surface area contributed by atoms with E-state index in [0.717, 1.165) is 0 Å². The normalized spacial score (nSPS) is 11.9. The van der Waals surface area contributed by atoms with Crippen LogP contribution < -0.4 is 11.1 Å². The summed E-state index contributed by atoms with van der Waals surface area (Å²) in [6.45, 7) is 0. The van der Waals surface area contributed by atoms with Crippen molar-refractivity contribution in [2.24, 2.45) is 12.8 Å². The number of aromatic nitrogens is 2. The molecule has 104 valence electrons. The van der Waals surface area contributed by atoms with Crippen LogP contribution in [0.15, 0.2) is 36.5 Å². The van der Waals surface area contributed by atoms with Gasteiger partial charge in [0.2, 0.25) is 5.91 Å². The van der Waals surface area contributed by atoms with Crippen molar-refractivity contribution in [1.29, 1.82) is 0 Å². The summed E-state index contributed by atoms with van der Waals surface area (Å²) in [6, 6.07) is 5.67. The maximum atomic E-state index is 12.9. The molecule has 7 heteroatoms. The molecule has 0 saturated carbocycles. The van der Waals surface area contributed by atoms with E-state index in [1.54, 1.807) is 7.05 Å². The van der Waals surface area contributed by atoms with Crippen LogP contribution in [0, 0.1) is 5.82 Å². The number of amides is 2. The molecule has 20 heavy (non-hydrogen) atoms. The first-order chi connectivity index (χ1) is 9.49. The third-order valence-electron chi connectivity index (χ3n) is 2.82. The Bertz CT molecular complexity index is 636. The number of halogens is 1. The van der Waals surface area contributed by atoms with E-state index < -0.39 is 23.7 Å². The van der Waals surface area contributed by atoms with E-state index >= 15 is 0 Å². The van der Waals surface area contributed by atoms with Crippen LogP contribution in [0.4, 0.5) is 4.39 Å². The Morgan fingerprint density at radius 2 is 1.95 bits per heavy atom. The van der Waals surface area contributed by atoms with Crippen LogP contribution in [0.2, 0.25) is 0 Å². The van der Waals surface area contributed by atoms with Gasteiger partial charge < -0.3 is 11.1 Å². The molecule has 0 aliphatic heterocycles. The zero-order valence-electron chi connectivity index (χ0n) is 10.7. The maximum absolute atomic E-state index is 12.9. The molecule has 0 unspecified atom stereocenters. The topological polar surface area (TPSA) is 90.0 Å². The Kier molecular flexibility index (Phi) is 3.79. The number of benzene rings is 1. The predicted molar refractivity (Wildman–Crippen MR) is 69.0 cm³/mol. The summed E-state index contributed by atoms with van der Waals surface area (Å²) in [4.78, 5) is 23.5. The van der Waals surface area contributed by atoms with E-state index in [9.17, 15) is 14.0 Å². The Labute approximate surface area is 114 Å². The van der Waals surface area contributed by atoms with Crippen molar-refractivity contribution < 1.29 is 14.0 Å². The van der Waals surface area contributed by atoms with Crippen molar-refractivity contribution in [3.63, 3.8) is 0 Å². The average molecular weight is 276 g/mol. The summed E-state index contributed by atoms with van der Waals surface area (Å²) in [7, 11) is 1.60. The van der Waals surface area contributed by atoms with Crippen molar-refractivity contribution in [1.82, 2.24) is 15.1 Å². The lowest BCUT2D eigenvalue weighted by Gasteiger charge is -2.15. The number of carbonyl (C=O) groups is 2. The highest BCUT2D eigenvalue weighted by Gasteiger charge is 2.22. The minimum atomic E-state index is -1.03. The number of hydrogen-bond donors (Lipinski definition) is 2. The Balaban J connectivity index is 2.22. The fourth-order valence-corrected chi connectivity index (χ4v) is 1.78. The van der Waals surface area contributed by atoms with Gasteiger partial charge >= 0.3 is 0 Å². The summed E-state index contributed by atoms with van der Waals surface area (Å²) in [6.07, 6.45) is 1.46. The number of nitrogens with zero attached hydrogens (tertiary/aromatic N) is 2. The molecule has 0 aliphatic rings. The lowest BCUT2D eigenvalue weighted by atomic mass is 10.1. The van der Waals surface area contributed by atoms with Crippen molar-refractivity contribution in [2.45, 2.75) is 6.04 Å². The van der Waals surface area contributed by atoms with Gasteiger partial charge in [-0.05, 0) is 23.8 Å². The molecule has 0 radical (unpaired) electrons. The van der Waals surface area contributed by atoms with Gasteiger partial charge in [-0.1, -0.05) is 12.1 Å². The number of hydrogen-bond acceptors (Lipinski definition) is 3. The smallest absolute Gasteiger partial charge is 0.270 e. The monoisotopic (exact) mass is 276 g/mol. The number of rotatable bonds is 4. The molecule has 0 aliphatic carbocycles. The molecule has 1 heterocycles. The van der Waals surface area contributed by atoms with Crippen LogP contribution in [-0.2, 0) is 11.8 Å². The highest BCUT2D eigenvalue weighted by Crippen LogP contribution is 2.14.